The van der Waals surface area contributed by atoms with Gasteiger partial charge >= 0.3 is 6.03 Å². The number of nitrogen functional groups attached to an aromatic ring is 1. The van der Waals surface area contributed by atoms with Gasteiger partial charge in [0.25, 0.3) is 0 Å². The van der Waals surface area contributed by atoms with E-state index in [1.807, 2.05) is 18.4 Å². The number of nitrogens with two attached hydrogens (primary N) is 1. The van der Waals surface area contributed by atoms with E-state index in [0.29, 0.717) is 39.1 Å². The van der Waals surface area contributed by atoms with Crippen molar-refractivity contribution in [3.05, 3.63) is 77.5 Å². The van der Waals surface area contributed by atoms with Crippen LogP contribution in [0.1, 0.15) is 41.4 Å². The molecule has 2 amide bonds. The van der Waals surface area contributed by atoms with Crippen molar-refractivity contribution in [3.63, 3.8) is 0 Å². The number of ketones is 1. The maximum absolute atomic E-state index is 13.7. The van der Waals surface area contributed by atoms with Gasteiger partial charge in [0.1, 0.15) is 23.6 Å². The van der Waals surface area contributed by atoms with Crippen molar-refractivity contribution in [2.75, 3.05) is 16.4 Å². The number of carbonyl (C=O) groups is 2. The van der Waals surface area contributed by atoms with Crippen molar-refractivity contribution in [2.45, 2.75) is 26.8 Å². The van der Waals surface area contributed by atoms with Crippen LogP contribution in [0.15, 0.2) is 55.0 Å². The highest BCUT2D eigenvalue weighted by Gasteiger charge is 2.21. The van der Waals surface area contributed by atoms with Gasteiger partial charge in [-0.1, -0.05) is 18.2 Å². The fourth-order valence-electron chi connectivity index (χ4n) is 3.53. The molecule has 2 heterocycles. The van der Waals surface area contributed by atoms with E-state index >= 15 is 0 Å². The molecular weight excluding hydrogens is 423 g/mol. The van der Waals surface area contributed by atoms with Gasteiger partial charge in [0.15, 0.2) is 5.78 Å². The quantitative estimate of drug-likeness (QED) is 0.377. The van der Waals surface area contributed by atoms with Crippen LogP contribution in [0.3, 0.4) is 0 Å². The molecular formula is C24H23FN6O2. The molecule has 0 spiro atoms. The minimum Gasteiger partial charge on any atom is -0.383 e. The highest BCUT2D eigenvalue weighted by atomic mass is 19.1. The number of anilines is 3. The molecule has 2 aromatic carbocycles. The number of urea groups is 1. The number of carbonyl (C=O) groups excluding carboxylic acids is 2. The summed E-state index contributed by atoms with van der Waals surface area (Å²) in [5.74, 6) is -0.462. The molecule has 0 bridgehead atoms. The number of fused-ring (bicyclic) bond motifs is 1. The van der Waals surface area contributed by atoms with E-state index in [1.165, 1.54) is 12.4 Å². The lowest BCUT2D eigenvalue weighted by molar-refractivity contribution is 0.104. The van der Waals surface area contributed by atoms with E-state index in [4.69, 9.17) is 5.73 Å². The molecule has 0 atom stereocenters. The lowest BCUT2D eigenvalue weighted by atomic mass is 10.0. The first kappa shape index (κ1) is 21.9. The first-order valence-corrected chi connectivity index (χ1v) is 10.3. The topological polar surface area (TPSA) is 115 Å². The molecule has 4 aromatic rings. The molecule has 0 radical (unpaired) electrons. The summed E-state index contributed by atoms with van der Waals surface area (Å²) in [6.45, 7) is 5.60. The molecule has 9 heteroatoms. The maximum atomic E-state index is 13.7. The summed E-state index contributed by atoms with van der Waals surface area (Å²) in [6.07, 6.45) is 3.09. The Labute approximate surface area is 189 Å². The normalized spacial score (nSPS) is 11.1. The number of aromatic nitrogens is 3. The highest BCUT2D eigenvalue weighted by Crippen LogP contribution is 2.29. The Bertz CT molecular complexity index is 1380. The fraction of sp³-hybridized carbons (Fsp3) is 0.167. The standard InChI is InChI=1S/C24H23FN6O2/c1-13(2)31-11-18(20-22(26)27-12-28-23(20)31)21(32)15-5-4-6-16(9-15)29-24(33)30-17-8-7-14(3)19(25)10-17/h4-13H,1-3H3,(H2,26,27,28)(H2,29,30,33). The Morgan fingerprint density at radius 3 is 2.48 bits per heavy atom. The summed E-state index contributed by atoms with van der Waals surface area (Å²) in [7, 11) is 0. The summed E-state index contributed by atoms with van der Waals surface area (Å²) < 4.78 is 15.6. The van der Waals surface area contributed by atoms with Gasteiger partial charge in [-0.25, -0.2) is 19.2 Å². The summed E-state index contributed by atoms with van der Waals surface area (Å²) in [4.78, 5) is 34.0. The minimum absolute atomic E-state index is 0.0617. The monoisotopic (exact) mass is 446 g/mol. The summed E-state index contributed by atoms with van der Waals surface area (Å²) in [6, 6.07) is 10.5. The molecule has 0 aliphatic heterocycles. The molecule has 0 aliphatic carbocycles. The van der Waals surface area contributed by atoms with Crippen LogP contribution in [0.4, 0.5) is 26.4 Å². The van der Waals surface area contributed by atoms with Crippen molar-refractivity contribution < 1.29 is 14.0 Å². The number of halogens is 1. The van der Waals surface area contributed by atoms with Gasteiger partial charge in [-0.3, -0.25) is 4.79 Å². The van der Waals surface area contributed by atoms with Gasteiger partial charge < -0.3 is 20.9 Å². The van der Waals surface area contributed by atoms with Gasteiger partial charge in [-0.15, -0.1) is 0 Å². The van der Waals surface area contributed by atoms with Crippen LogP contribution in [0.5, 0.6) is 0 Å². The van der Waals surface area contributed by atoms with E-state index in [1.54, 1.807) is 49.5 Å². The molecule has 8 nitrogen and oxygen atoms in total. The molecule has 168 valence electrons. The van der Waals surface area contributed by atoms with Gasteiger partial charge in [0, 0.05) is 29.2 Å². The molecule has 33 heavy (non-hydrogen) atoms. The number of amides is 2. The second kappa shape index (κ2) is 8.70. The Morgan fingerprint density at radius 1 is 1.06 bits per heavy atom. The van der Waals surface area contributed by atoms with E-state index in [0.717, 1.165) is 0 Å². The van der Waals surface area contributed by atoms with Gasteiger partial charge in [0.05, 0.1) is 10.9 Å². The number of hydrogen-bond acceptors (Lipinski definition) is 5. The van der Waals surface area contributed by atoms with E-state index < -0.39 is 11.8 Å². The van der Waals surface area contributed by atoms with Gasteiger partial charge in [0.2, 0.25) is 0 Å². The number of nitrogens with one attached hydrogen (secondary N) is 2. The maximum Gasteiger partial charge on any atom is 0.323 e. The number of hydrogen-bond donors (Lipinski definition) is 3. The third-order valence-corrected chi connectivity index (χ3v) is 5.25. The predicted octanol–water partition coefficient (Wildman–Crippen LogP) is 4.92. The Morgan fingerprint density at radius 2 is 1.79 bits per heavy atom. The second-order valence-electron chi connectivity index (χ2n) is 7.95. The average Bonchev–Trinajstić information content (AvgIpc) is 3.17. The zero-order valence-electron chi connectivity index (χ0n) is 18.4. The SMILES string of the molecule is Cc1ccc(NC(=O)Nc2cccc(C(=O)c3cn(C(C)C)c4ncnc(N)c34)c2)cc1F. The van der Waals surface area contributed by atoms with Crippen LogP contribution < -0.4 is 16.4 Å². The van der Waals surface area contributed by atoms with Crippen LogP contribution >= 0.6 is 0 Å². The van der Waals surface area contributed by atoms with Crippen LogP contribution in [0.2, 0.25) is 0 Å². The lowest BCUT2D eigenvalue weighted by Crippen LogP contribution is -2.19. The smallest absolute Gasteiger partial charge is 0.323 e. The molecule has 4 N–H and O–H groups in total. The fourth-order valence-corrected chi connectivity index (χ4v) is 3.53. The predicted molar refractivity (Wildman–Crippen MR) is 126 cm³/mol. The zero-order valence-corrected chi connectivity index (χ0v) is 18.4. The first-order chi connectivity index (χ1) is 15.7. The largest absolute Gasteiger partial charge is 0.383 e. The Balaban J connectivity index is 1.60. The van der Waals surface area contributed by atoms with Crippen molar-refractivity contribution >= 4 is 40.0 Å². The Hall–Kier alpha value is -4.27. The van der Waals surface area contributed by atoms with Crippen LogP contribution in [0, 0.1) is 12.7 Å². The zero-order chi connectivity index (χ0) is 23.7. The molecule has 0 saturated heterocycles. The highest BCUT2D eigenvalue weighted by molar-refractivity contribution is 6.18. The number of benzene rings is 2. The lowest BCUT2D eigenvalue weighted by Gasteiger charge is -2.09. The van der Waals surface area contributed by atoms with Gasteiger partial charge in [-0.2, -0.15) is 0 Å². The molecule has 0 fully saturated rings. The summed E-state index contributed by atoms with van der Waals surface area (Å²) in [5, 5.41) is 5.73. The molecule has 4 rings (SSSR count). The van der Waals surface area contributed by atoms with Gasteiger partial charge in [-0.05, 0) is 50.6 Å². The molecule has 0 aliphatic rings. The van der Waals surface area contributed by atoms with Crippen molar-refractivity contribution in [2.24, 2.45) is 0 Å². The van der Waals surface area contributed by atoms with E-state index in [2.05, 4.69) is 20.6 Å². The summed E-state index contributed by atoms with van der Waals surface area (Å²) in [5.41, 5.74) is 8.60. The average molecular weight is 446 g/mol. The Kier molecular flexibility index (Phi) is 5.78. The summed E-state index contributed by atoms with van der Waals surface area (Å²) >= 11 is 0. The third-order valence-electron chi connectivity index (χ3n) is 5.25. The number of aryl methyl sites for hydroxylation is 1. The van der Waals surface area contributed by atoms with Crippen molar-refractivity contribution in [3.8, 4) is 0 Å². The molecule has 0 saturated carbocycles. The molecule has 0 unspecified atom stereocenters. The van der Waals surface area contributed by atoms with E-state index in [-0.39, 0.29) is 17.6 Å². The minimum atomic E-state index is -0.558. The van der Waals surface area contributed by atoms with E-state index in [9.17, 15) is 14.0 Å². The van der Waals surface area contributed by atoms with Crippen LogP contribution in [-0.2, 0) is 0 Å². The second-order valence-corrected chi connectivity index (χ2v) is 7.95. The number of rotatable bonds is 5. The van der Waals surface area contributed by atoms with Crippen molar-refractivity contribution in [1.29, 1.82) is 0 Å². The van der Waals surface area contributed by atoms with Crippen LogP contribution in [-0.4, -0.2) is 26.3 Å². The molecule has 2 aromatic heterocycles. The van der Waals surface area contributed by atoms with Crippen LogP contribution in [0.25, 0.3) is 11.0 Å². The van der Waals surface area contributed by atoms with Crippen molar-refractivity contribution in [1.82, 2.24) is 14.5 Å². The third kappa shape index (κ3) is 4.38. The first-order valence-electron chi connectivity index (χ1n) is 10.3. The number of nitrogens with zero attached hydrogens (tertiary/aromatic N) is 3.